The number of esters is 1. The number of benzene rings is 4. The molecule has 34 heavy (non-hydrogen) atoms. The van der Waals surface area contributed by atoms with Crippen LogP contribution < -0.4 is 11.1 Å². The third kappa shape index (κ3) is 5.33. The van der Waals surface area contributed by atoms with Gasteiger partial charge in [0, 0.05) is 13.6 Å². The van der Waals surface area contributed by atoms with E-state index < -0.39 is 24.3 Å². The number of rotatable bonds is 7. The highest BCUT2D eigenvalue weighted by Gasteiger charge is 2.19. The number of hydrogen-bond acceptors (Lipinski definition) is 4. The molecule has 0 spiro atoms. The summed E-state index contributed by atoms with van der Waals surface area (Å²) in [5, 5.41) is 4.75. The van der Waals surface area contributed by atoms with Gasteiger partial charge in [-0.25, -0.2) is 4.79 Å². The van der Waals surface area contributed by atoms with Crippen LogP contribution in [0.1, 0.15) is 42.6 Å². The fourth-order valence-electron chi connectivity index (χ4n) is 3.76. The molecule has 0 aliphatic heterocycles. The number of ether oxygens (including phenoxy) is 1. The summed E-state index contributed by atoms with van der Waals surface area (Å²) < 4.78 is 30.6. The van der Waals surface area contributed by atoms with Gasteiger partial charge in [0.2, 0.25) is 5.91 Å². The Bertz CT molecular complexity index is 1470. The number of nitrogens with two attached hydrogens (primary N) is 1. The monoisotopic (exact) mass is 455 g/mol. The van der Waals surface area contributed by atoms with E-state index in [0.717, 1.165) is 16.3 Å². The molecule has 4 rings (SSSR count). The lowest BCUT2D eigenvalue weighted by molar-refractivity contribution is -0.117. The molecule has 0 bridgehead atoms. The minimum absolute atomic E-state index is 0.0728. The van der Waals surface area contributed by atoms with Gasteiger partial charge in [0.05, 0.1) is 14.2 Å². The first-order valence-corrected chi connectivity index (χ1v) is 11.0. The van der Waals surface area contributed by atoms with Crippen molar-refractivity contribution in [3.05, 3.63) is 113 Å². The maximum absolute atomic E-state index is 13.1. The van der Waals surface area contributed by atoms with Crippen LogP contribution in [0.4, 0.5) is 5.69 Å². The Morgan fingerprint density at radius 3 is 2.41 bits per heavy atom. The number of amides is 1. The zero-order valence-electron chi connectivity index (χ0n) is 22.1. The van der Waals surface area contributed by atoms with E-state index in [2.05, 4.69) is 5.32 Å². The van der Waals surface area contributed by atoms with Crippen molar-refractivity contribution in [1.82, 2.24) is 0 Å². The van der Waals surface area contributed by atoms with E-state index >= 15 is 0 Å². The van der Waals surface area contributed by atoms with Gasteiger partial charge < -0.3 is 15.8 Å². The first kappa shape index (κ1) is 19.5. The van der Waals surface area contributed by atoms with Crippen LogP contribution in [0.5, 0.6) is 0 Å². The second-order valence-corrected chi connectivity index (χ2v) is 8.09. The van der Waals surface area contributed by atoms with Crippen molar-refractivity contribution in [2.45, 2.75) is 26.3 Å². The summed E-state index contributed by atoms with van der Waals surface area (Å²) in [4.78, 5) is 25.7. The quantitative estimate of drug-likeness (QED) is 0.361. The van der Waals surface area contributed by atoms with Crippen LogP contribution >= 0.6 is 0 Å². The predicted octanol–water partition coefficient (Wildman–Crippen LogP) is 5.49. The fourth-order valence-corrected chi connectivity index (χ4v) is 3.76. The number of nitrogens with one attached hydrogen (secondary N) is 1. The number of fused-ring (bicyclic) bond motifs is 1. The van der Waals surface area contributed by atoms with Crippen molar-refractivity contribution in [3.63, 3.8) is 0 Å². The largest absolute Gasteiger partial charge is 0.457 e. The smallest absolute Gasteiger partial charge is 0.338 e. The first-order chi connectivity index (χ1) is 17.5. The van der Waals surface area contributed by atoms with Crippen molar-refractivity contribution in [2.24, 2.45) is 5.73 Å². The van der Waals surface area contributed by atoms with Gasteiger partial charge in [0.15, 0.2) is 0 Å². The van der Waals surface area contributed by atoms with Gasteiger partial charge in [-0.1, -0.05) is 72.3 Å². The average molecular weight is 456 g/mol. The summed E-state index contributed by atoms with van der Waals surface area (Å²) in [6.45, 7) is 0.949. The summed E-state index contributed by atoms with van der Waals surface area (Å²) in [5.41, 5.74) is 8.73. The van der Waals surface area contributed by atoms with Crippen molar-refractivity contribution < 1.29 is 18.4 Å². The average Bonchev–Trinajstić information content (AvgIpc) is 2.87. The molecule has 4 aromatic rings. The maximum Gasteiger partial charge on any atom is 0.338 e. The van der Waals surface area contributed by atoms with Gasteiger partial charge in [-0.15, -0.1) is 0 Å². The number of anilines is 1. The Labute approximate surface area is 203 Å². The SMILES string of the molecule is [2H]C([2H])(OC(=O)c1ccc(C)cc1C)c1ccc([C@]([2H])(CN)C(=O)Nc2ccc3ccccc3c2)cc1. The van der Waals surface area contributed by atoms with Gasteiger partial charge >= 0.3 is 5.97 Å². The number of carbonyl (C=O) groups excluding carboxylic acids is 2. The highest BCUT2D eigenvalue weighted by Crippen LogP contribution is 2.22. The van der Waals surface area contributed by atoms with Gasteiger partial charge in [-0.2, -0.15) is 0 Å². The molecule has 4 aromatic carbocycles. The van der Waals surface area contributed by atoms with E-state index in [1.807, 2.05) is 49.4 Å². The molecule has 1 atom stereocenters. The molecule has 0 heterocycles. The molecule has 1 amide bonds. The van der Waals surface area contributed by atoms with Gasteiger partial charge in [-0.3, -0.25) is 4.79 Å². The molecule has 0 unspecified atom stereocenters. The Hall–Kier alpha value is -3.96. The van der Waals surface area contributed by atoms with Crippen LogP contribution in [-0.4, -0.2) is 18.4 Å². The summed E-state index contributed by atoms with van der Waals surface area (Å²) in [6.07, 6.45) is 0. The van der Waals surface area contributed by atoms with E-state index in [9.17, 15) is 9.59 Å². The van der Waals surface area contributed by atoms with Gasteiger partial charge in [0.1, 0.15) is 6.56 Å². The third-order valence-corrected chi connectivity index (χ3v) is 5.58. The van der Waals surface area contributed by atoms with Crippen LogP contribution in [-0.2, 0) is 16.1 Å². The van der Waals surface area contributed by atoms with Crippen molar-refractivity contribution >= 4 is 28.3 Å². The first-order valence-electron chi connectivity index (χ1n) is 12.5. The molecule has 3 N–H and O–H groups in total. The van der Waals surface area contributed by atoms with Crippen molar-refractivity contribution in [3.8, 4) is 0 Å². The summed E-state index contributed by atoms with van der Waals surface area (Å²) >= 11 is 0. The molecule has 0 saturated heterocycles. The van der Waals surface area contributed by atoms with Crippen LogP contribution in [0.2, 0.25) is 0 Å². The molecular formula is C29H28N2O3. The van der Waals surface area contributed by atoms with E-state index in [1.54, 1.807) is 25.1 Å². The second-order valence-electron chi connectivity index (χ2n) is 8.09. The van der Waals surface area contributed by atoms with Gasteiger partial charge in [0.25, 0.3) is 0 Å². The minimum Gasteiger partial charge on any atom is -0.457 e. The zero-order chi connectivity index (χ0) is 26.8. The van der Waals surface area contributed by atoms with Crippen molar-refractivity contribution in [2.75, 3.05) is 11.9 Å². The lowest BCUT2D eigenvalue weighted by Crippen LogP contribution is -2.27. The number of carbonyl (C=O) groups is 2. The zero-order valence-corrected chi connectivity index (χ0v) is 19.1. The summed E-state index contributed by atoms with van der Waals surface area (Å²) in [6, 6.07) is 24.1. The number of aryl methyl sites for hydroxylation is 2. The molecule has 0 aromatic heterocycles. The molecule has 0 saturated carbocycles. The number of hydrogen-bond donors (Lipinski definition) is 2. The second kappa shape index (κ2) is 10.3. The molecule has 0 radical (unpaired) electrons. The van der Waals surface area contributed by atoms with E-state index in [0.29, 0.717) is 11.3 Å². The summed E-state index contributed by atoms with van der Waals surface area (Å²) in [7, 11) is 0. The summed E-state index contributed by atoms with van der Waals surface area (Å²) in [5.74, 6) is -3.20. The van der Waals surface area contributed by atoms with E-state index in [-0.39, 0.29) is 23.2 Å². The Morgan fingerprint density at radius 1 is 0.971 bits per heavy atom. The van der Waals surface area contributed by atoms with Crippen LogP contribution in [0.15, 0.2) is 84.9 Å². The van der Waals surface area contributed by atoms with E-state index in [1.165, 1.54) is 24.3 Å². The van der Waals surface area contributed by atoms with Crippen LogP contribution in [0.3, 0.4) is 0 Å². The molecule has 0 aliphatic rings. The standard InChI is InChI=1S/C29H28N2O3/c1-19-7-14-26(20(2)15-19)29(33)34-18-21-8-10-23(11-9-21)27(17-30)28(32)31-25-13-12-22-5-3-4-6-24(22)16-25/h3-16,27H,17-18,30H2,1-2H3,(H,31,32)/t27-/m0/s1/i18D2,27D. The third-order valence-electron chi connectivity index (χ3n) is 5.58. The fraction of sp³-hybridized carbons (Fsp3) is 0.172. The predicted molar refractivity (Wildman–Crippen MR) is 136 cm³/mol. The molecular weight excluding hydrogens is 424 g/mol. The Morgan fingerprint density at radius 2 is 1.71 bits per heavy atom. The molecule has 0 fully saturated rings. The van der Waals surface area contributed by atoms with Crippen LogP contribution in [0.25, 0.3) is 10.8 Å². The lowest BCUT2D eigenvalue weighted by Gasteiger charge is -2.16. The molecule has 172 valence electrons. The Balaban J connectivity index is 1.52. The maximum atomic E-state index is 13.1. The normalized spacial score (nSPS) is 14.4. The van der Waals surface area contributed by atoms with Gasteiger partial charge in [-0.05, 0) is 59.5 Å². The van der Waals surface area contributed by atoms with Crippen LogP contribution in [0, 0.1) is 13.8 Å². The molecule has 5 nitrogen and oxygen atoms in total. The topological polar surface area (TPSA) is 81.4 Å². The lowest BCUT2D eigenvalue weighted by atomic mass is 9.97. The molecule has 5 heteroatoms. The van der Waals surface area contributed by atoms with E-state index in [4.69, 9.17) is 14.6 Å². The highest BCUT2D eigenvalue weighted by molar-refractivity contribution is 5.98. The molecule has 0 aliphatic carbocycles. The van der Waals surface area contributed by atoms with Crippen molar-refractivity contribution in [1.29, 1.82) is 0 Å². The highest BCUT2D eigenvalue weighted by atomic mass is 16.5. The Kier molecular flexibility index (Phi) is 5.92. The minimum atomic E-state index is -2.42.